The van der Waals surface area contributed by atoms with Gasteiger partial charge in [0, 0.05) is 12.6 Å². The van der Waals surface area contributed by atoms with Gasteiger partial charge in [0.1, 0.15) is 5.60 Å². The molecule has 19 heavy (non-hydrogen) atoms. The van der Waals surface area contributed by atoms with Crippen LogP contribution >= 0.6 is 0 Å². The average molecular weight is 266 g/mol. The Kier molecular flexibility index (Phi) is 4.19. The summed E-state index contributed by atoms with van der Waals surface area (Å²) < 4.78 is 5.28. The summed E-state index contributed by atoms with van der Waals surface area (Å²) in [4.78, 5) is 11.8. The van der Waals surface area contributed by atoms with Gasteiger partial charge in [-0.1, -0.05) is 12.2 Å². The van der Waals surface area contributed by atoms with Gasteiger partial charge in [-0.25, -0.2) is 4.79 Å². The number of carbonyl (C=O) groups is 1. The summed E-state index contributed by atoms with van der Waals surface area (Å²) >= 11 is 0. The molecule has 0 aromatic carbocycles. The van der Waals surface area contributed by atoms with Crippen LogP contribution in [-0.4, -0.2) is 24.3 Å². The van der Waals surface area contributed by atoms with Gasteiger partial charge in [-0.2, -0.15) is 0 Å². The summed E-state index contributed by atoms with van der Waals surface area (Å²) in [5.41, 5.74) is 5.31. The molecular weight excluding hydrogens is 240 g/mol. The second-order valence-corrected chi connectivity index (χ2v) is 6.85. The van der Waals surface area contributed by atoms with Crippen molar-refractivity contribution in [1.82, 2.24) is 5.32 Å². The Morgan fingerprint density at radius 2 is 2.16 bits per heavy atom. The minimum absolute atomic E-state index is 0.0209. The molecule has 108 valence electrons. The Balaban J connectivity index is 1.80. The normalized spacial score (nSPS) is 30.4. The molecule has 4 nitrogen and oxygen atoms in total. The van der Waals surface area contributed by atoms with Crippen molar-refractivity contribution in [3.8, 4) is 0 Å². The third kappa shape index (κ3) is 3.96. The summed E-state index contributed by atoms with van der Waals surface area (Å²) in [6, 6.07) is 0.0209. The van der Waals surface area contributed by atoms with Gasteiger partial charge in [0.15, 0.2) is 0 Å². The largest absolute Gasteiger partial charge is 0.444 e. The fourth-order valence-corrected chi connectivity index (χ4v) is 3.22. The summed E-state index contributed by atoms with van der Waals surface area (Å²) in [7, 11) is 0. The quantitative estimate of drug-likeness (QED) is 0.768. The van der Waals surface area contributed by atoms with E-state index in [9.17, 15) is 4.79 Å². The molecule has 1 saturated carbocycles. The van der Waals surface area contributed by atoms with Crippen molar-refractivity contribution in [2.75, 3.05) is 6.54 Å². The van der Waals surface area contributed by atoms with Gasteiger partial charge in [-0.15, -0.1) is 0 Å². The number of allylic oxidation sites excluding steroid dienone is 2. The first-order chi connectivity index (χ1) is 8.87. The molecule has 0 aliphatic heterocycles. The van der Waals surface area contributed by atoms with Crippen LogP contribution in [0, 0.1) is 17.8 Å². The van der Waals surface area contributed by atoms with Gasteiger partial charge >= 0.3 is 6.09 Å². The predicted octanol–water partition coefficient (Wildman–Crippen LogP) is 2.44. The highest BCUT2D eigenvalue weighted by molar-refractivity contribution is 5.68. The van der Waals surface area contributed by atoms with Gasteiger partial charge in [-0.3, -0.25) is 0 Å². The Morgan fingerprint density at radius 1 is 1.42 bits per heavy atom. The van der Waals surface area contributed by atoms with E-state index in [1.807, 2.05) is 20.8 Å². The first-order valence-corrected chi connectivity index (χ1v) is 7.25. The standard InChI is InChI=1S/C15H26N2O2/c1-15(2,3)19-14(18)17-13(9-16)8-12-7-10-4-5-11(12)6-10/h4-5,10-13H,6-9,16H2,1-3H3,(H,17,18). The third-order valence-electron chi connectivity index (χ3n) is 4.01. The van der Waals surface area contributed by atoms with Crippen LogP contribution in [-0.2, 0) is 4.74 Å². The van der Waals surface area contributed by atoms with Crippen molar-refractivity contribution in [3.05, 3.63) is 12.2 Å². The molecule has 2 bridgehead atoms. The van der Waals surface area contributed by atoms with E-state index in [0.717, 1.165) is 12.3 Å². The molecule has 0 heterocycles. The maximum atomic E-state index is 11.8. The molecule has 0 aromatic rings. The van der Waals surface area contributed by atoms with Crippen LogP contribution in [0.15, 0.2) is 12.2 Å². The zero-order chi connectivity index (χ0) is 14.0. The Labute approximate surface area is 115 Å². The van der Waals surface area contributed by atoms with E-state index < -0.39 is 5.60 Å². The van der Waals surface area contributed by atoms with Crippen molar-refractivity contribution in [2.45, 2.75) is 51.7 Å². The third-order valence-corrected chi connectivity index (χ3v) is 4.01. The predicted molar refractivity (Wildman–Crippen MR) is 75.7 cm³/mol. The SMILES string of the molecule is CC(C)(C)OC(=O)NC(CN)CC1CC2C=CC1C2. The molecule has 2 aliphatic carbocycles. The fraction of sp³-hybridized carbons (Fsp3) is 0.800. The molecule has 0 saturated heterocycles. The average Bonchev–Trinajstić information content (AvgIpc) is 2.87. The number of hydrogen-bond acceptors (Lipinski definition) is 3. The van der Waals surface area contributed by atoms with E-state index in [4.69, 9.17) is 10.5 Å². The van der Waals surface area contributed by atoms with E-state index in [2.05, 4.69) is 17.5 Å². The van der Waals surface area contributed by atoms with E-state index in [1.165, 1.54) is 12.8 Å². The van der Waals surface area contributed by atoms with Gasteiger partial charge < -0.3 is 15.8 Å². The summed E-state index contributed by atoms with van der Waals surface area (Å²) in [6.07, 6.45) is 7.80. The lowest BCUT2D eigenvalue weighted by Crippen LogP contribution is -2.44. The molecule has 2 aliphatic rings. The minimum Gasteiger partial charge on any atom is -0.444 e. The van der Waals surface area contributed by atoms with Crippen molar-refractivity contribution in [3.63, 3.8) is 0 Å². The number of ether oxygens (including phenoxy) is 1. The first-order valence-electron chi connectivity index (χ1n) is 7.25. The highest BCUT2D eigenvalue weighted by Crippen LogP contribution is 2.45. The molecule has 4 unspecified atom stereocenters. The highest BCUT2D eigenvalue weighted by atomic mass is 16.6. The van der Waals surface area contributed by atoms with E-state index >= 15 is 0 Å². The molecule has 2 rings (SSSR count). The molecule has 0 radical (unpaired) electrons. The monoisotopic (exact) mass is 266 g/mol. The molecule has 4 atom stereocenters. The number of carbonyl (C=O) groups excluding carboxylic acids is 1. The second kappa shape index (κ2) is 5.53. The number of amides is 1. The smallest absolute Gasteiger partial charge is 0.407 e. The fourth-order valence-electron chi connectivity index (χ4n) is 3.22. The minimum atomic E-state index is -0.460. The number of rotatable bonds is 4. The number of fused-ring (bicyclic) bond motifs is 2. The maximum absolute atomic E-state index is 11.8. The number of alkyl carbamates (subject to hydrolysis) is 1. The summed E-state index contributed by atoms with van der Waals surface area (Å²) in [5, 5.41) is 2.90. The summed E-state index contributed by atoms with van der Waals surface area (Å²) in [5.74, 6) is 2.12. The van der Waals surface area contributed by atoms with E-state index in [-0.39, 0.29) is 12.1 Å². The lowest BCUT2D eigenvalue weighted by molar-refractivity contribution is 0.0498. The van der Waals surface area contributed by atoms with Crippen LogP contribution in [0.25, 0.3) is 0 Å². The van der Waals surface area contributed by atoms with Crippen molar-refractivity contribution in [1.29, 1.82) is 0 Å². The van der Waals surface area contributed by atoms with Crippen LogP contribution in [0.2, 0.25) is 0 Å². The second-order valence-electron chi connectivity index (χ2n) is 6.85. The van der Waals surface area contributed by atoms with Crippen LogP contribution in [0.4, 0.5) is 4.79 Å². The first kappa shape index (κ1) is 14.4. The van der Waals surface area contributed by atoms with Crippen LogP contribution < -0.4 is 11.1 Å². The van der Waals surface area contributed by atoms with E-state index in [1.54, 1.807) is 0 Å². The molecule has 3 N–H and O–H groups in total. The van der Waals surface area contributed by atoms with Gasteiger partial charge in [-0.05, 0) is 57.8 Å². The highest BCUT2D eigenvalue weighted by Gasteiger charge is 2.36. The Morgan fingerprint density at radius 3 is 2.63 bits per heavy atom. The van der Waals surface area contributed by atoms with Gasteiger partial charge in [0.25, 0.3) is 0 Å². The molecule has 4 heteroatoms. The van der Waals surface area contributed by atoms with Crippen molar-refractivity contribution >= 4 is 6.09 Å². The van der Waals surface area contributed by atoms with E-state index in [0.29, 0.717) is 18.4 Å². The van der Waals surface area contributed by atoms with Crippen molar-refractivity contribution < 1.29 is 9.53 Å². The Bertz CT molecular complexity index is 360. The zero-order valence-electron chi connectivity index (χ0n) is 12.2. The molecular formula is C15H26N2O2. The molecule has 1 amide bonds. The molecule has 1 fully saturated rings. The summed E-state index contributed by atoms with van der Waals surface area (Å²) in [6.45, 7) is 6.07. The van der Waals surface area contributed by atoms with Crippen LogP contribution in [0.5, 0.6) is 0 Å². The maximum Gasteiger partial charge on any atom is 0.407 e. The van der Waals surface area contributed by atoms with Gasteiger partial charge in [0.2, 0.25) is 0 Å². The van der Waals surface area contributed by atoms with Crippen molar-refractivity contribution in [2.24, 2.45) is 23.5 Å². The lowest BCUT2D eigenvalue weighted by atomic mass is 9.87. The van der Waals surface area contributed by atoms with Crippen LogP contribution in [0.3, 0.4) is 0 Å². The number of hydrogen-bond donors (Lipinski definition) is 2. The lowest BCUT2D eigenvalue weighted by Gasteiger charge is -2.26. The van der Waals surface area contributed by atoms with Gasteiger partial charge in [0.05, 0.1) is 0 Å². The topological polar surface area (TPSA) is 64.3 Å². The number of nitrogens with two attached hydrogens (primary N) is 1. The molecule has 0 aromatic heterocycles. The number of nitrogens with one attached hydrogen (secondary N) is 1. The molecule has 0 spiro atoms. The van der Waals surface area contributed by atoms with Crippen LogP contribution in [0.1, 0.15) is 40.0 Å². The Hall–Kier alpha value is -1.03. The zero-order valence-corrected chi connectivity index (χ0v) is 12.2.